The third kappa shape index (κ3) is 3.79. The lowest BCUT2D eigenvalue weighted by Crippen LogP contribution is -2.48. The number of primary amides is 1. The number of hydrogen-bond donors (Lipinski definition) is 3. The summed E-state index contributed by atoms with van der Waals surface area (Å²) in [7, 11) is 0. The first-order chi connectivity index (χ1) is 10.2. The summed E-state index contributed by atoms with van der Waals surface area (Å²) < 4.78 is 5.33. The lowest BCUT2D eigenvalue weighted by atomic mass is 10.0. The highest BCUT2D eigenvalue weighted by atomic mass is 16.5. The summed E-state index contributed by atoms with van der Waals surface area (Å²) in [6, 6.07) is 1.38. The van der Waals surface area contributed by atoms with E-state index in [9.17, 15) is 4.79 Å². The summed E-state index contributed by atoms with van der Waals surface area (Å²) in [5.74, 6) is 6.78. The Kier molecular flexibility index (Phi) is 5.29. The van der Waals surface area contributed by atoms with E-state index in [2.05, 4.69) is 15.4 Å². The Hall–Kier alpha value is -1.93. The molecule has 2 rings (SSSR count). The van der Waals surface area contributed by atoms with Crippen molar-refractivity contribution >= 4 is 17.5 Å². The molecule has 0 aliphatic carbocycles. The molecule has 1 atom stereocenters. The highest BCUT2D eigenvalue weighted by molar-refractivity contribution is 5.83. The predicted molar refractivity (Wildman–Crippen MR) is 79.4 cm³/mol. The number of ether oxygens (including phenoxy) is 1. The Morgan fingerprint density at radius 2 is 2.33 bits per heavy atom. The van der Waals surface area contributed by atoms with Crippen LogP contribution in [0.25, 0.3) is 0 Å². The number of aromatic nitrogens is 2. The predicted octanol–water partition coefficient (Wildman–Crippen LogP) is 0.143. The van der Waals surface area contributed by atoms with Gasteiger partial charge >= 0.3 is 0 Å². The molecule has 5 N–H and O–H groups in total. The van der Waals surface area contributed by atoms with E-state index in [4.69, 9.17) is 16.3 Å². The second kappa shape index (κ2) is 7.19. The minimum Gasteiger partial charge on any atom is -0.374 e. The molecular formula is C13H22N6O2. The molecule has 0 saturated carbocycles. The maximum absolute atomic E-state index is 11.6. The van der Waals surface area contributed by atoms with E-state index >= 15 is 0 Å². The third-order valence-corrected chi connectivity index (χ3v) is 3.47. The number of piperidine rings is 1. The number of hydrogen-bond acceptors (Lipinski definition) is 7. The number of hydrazine groups is 1. The van der Waals surface area contributed by atoms with Crippen molar-refractivity contribution in [2.75, 3.05) is 23.5 Å². The first kappa shape index (κ1) is 15.5. The van der Waals surface area contributed by atoms with Gasteiger partial charge in [-0.25, -0.2) is 15.8 Å². The van der Waals surface area contributed by atoms with Crippen molar-refractivity contribution in [3.63, 3.8) is 0 Å². The normalized spacial score (nSPS) is 18.6. The monoisotopic (exact) mass is 294 g/mol. The Bertz CT molecular complexity index is 496. The van der Waals surface area contributed by atoms with E-state index in [-0.39, 0.29) is 11.9 Å². The highest BCUT2D eigenvalue weighted by Gasteiger charge is 2.28. The molecule has 21 heavy (non-hydrogen) atoms. The van der Waals surface area contributed by atoms with Crippen molar-refractivity contribution in [1.82, 2.24) is 9.97 Å². The first-order valence-corrected chi connectivity index (χ1v) is 7.14. The van der Waals surface area contributed by atoms with Gasteiger partial charge in [-0.2, -0.15) is 0 Å². The molecule has 0 radical (unpaired) electrons. The number of nitrogens with zero attached hydrogens (tertiary/aromatic N) is 3. The van der Waals surface area contributed by atoms with E-state index in [1.54, 1.807) is 6.07 Å². The van der Waals surface area contributed by atoms with Gasteiger partial charge in [-0.05, 0) is 26.2 Å². The molecule has 116 valence electrons. The van der Waals surface area contributed by atoms with Crippen LogP contribution in [0.15, 0.2) is 6.07 Å². The van der Waals surface area contributed by atoms with Crippen LogP contribution in [0.2, 0.25) is 0 Å². The van der Waals surface area contributed by atoms with E-state index in [0.717, 1.165) is 25.8 Å². The molecule has 1 aromatic rings. The van der Waals surface area contributed by atoms with E-state index in [1.807, 2.05) is 11.8 Å². The molecule has 8 heteroatoms. The van der Waals surface area contributed by atoms with Gasteiger partial charge in [-0.3, -0.25) is 4.79 Å². The average Bonchev–Trinajstić information content (AvgIpc) is 2.52. The molecule has 1 aliphatic heterocycles. The minimum atomic E-state index is -0.334. The molecule has 8 nitrogen and oxygen atoms in total. The van der Waals surface area contributed by atoms with Gasteiger partial charge in [0.1, 0.15) is 24.3 Å². The van der Waals surface area contributed by atoms with E-state index < -0.39 is 0 Å². The fourth-order valence-electron chi connectivity index (χ4n) is 2.46. The van der Waals surface area contributed by atoms with Gasteiger partial charge in [0, 0.05) is 19.2 Å². The van der Waals surface area contributed by atoms with Crippen molar-refractivity contribution in [3.8, 4) is 0 Å². The molecule has 1 aromatic heterocycles. The van der Waals surface area contributed by atoms with Gasteiger partial charge in [0.05, 0.1) is 0 Å². The van der Waals surface area contributed by atoms with Gasteiger partial charge in [-0.1, -0.05) is 0 Å². The zero-order chi connectivity index (χ0) is 15.2. The smallest absolute Gasteiger partial charge is 0.240 e. The quantitative estimate of drug-likeness (QED) is 0.504. The average molecular weight is 294 g/mol. The standard InChI is InChI=1S/C13H22N6O2/c1-2-21-8-11-16-10(18-15)7-12(17-11)19-6-4-3-5-9(19)13(14)20/h7,9H,2-6,8,15H2,1H3,(H2,14,20)(H,16,17,18). The summed E-state index contributed by atoms with van der Waals surface area (Å²) in [6.45, 7) is 3.52. The van der Waals surface area contributed by atoms with Crippen molar-refractivity contribution < 1.29 is 9.53 Å². The molecule has 1 unspecified atom stereocenters. The van der Waals surface area contributed by atoms with Gasteiger partial charge in [-0.15, -0.1) is 0 Å². The number of carbonyl (C=O) groups excluding carboxylic acids is 1. The summed E-state index contributed by atoms with van der Waals surface area (Å²) in [4.78, 5) is 22.2. The summed E-state index contributed by atoms with van der Waals surface area (Å²) in [5.41, 5.74) is 8.01. The molecule has 2 heterocycles. The van der Waals surface area contributed by atoms with Gasteiger partial charge < -0.3 is 20.8 Å². The van der Waals surface area contributed by atoms with Crippen LogP contribution < -0.4 is 21.9 Å². The first-order valence-electron chi connectivity index (χ1n) is 7.14. The molecule has 1 fully saturated rings. The number of amides is 1. The highest BCUT2D eigenvalue weighted by Crippen LogP contribution is 2.24. The molecule has 1 amide bonds. The SMILES string of the molecule is CCOCc1nc(NN)cc(N2CCCCC2C(N)=O)n1. The van der Waals surface area contributed by atoms with E-state index in [1.165, 1.54) is 0 Å². The third-order valence-electron chi connectivity index (χ3n) is 3.47. The largest absolute Gasteiger partial charge is 0.374 e. The van der Waals surface area contributed by atoms with Crippen LogP contribution >= 0.6 is 0 Å². The van der Waals surface area contributed by atoms with Crippen LogP contribution in [0.4, 0.5) is 11.6 Å². The number of carbonyl (C=O) groups is 1. The van der Waals surface area contributed by atoms with Crippen LogP contribution in [0.1, 0.15) is 32.0 Å². The second-order valence-corrected chi connectivity index (χ2v) is 4.92. The zero-order valence-corrected chi connectivity index (χ0v) is 12.2. The minimum absolute atomic E-state index is 0.300. The van der Waals surface area contributed by atoms with Crippen LogP contribution in [-0.2, 0) is 16.1 Å². The van der Waals surface area contributed by atoms with Gasteiger partial charge in [0.2, 0.25) is 5.91 Å². The number of rotatable bonds is 6. The zero-order valence-electron chi connectivity index (χ0n) is 12.2. The van der Waals surface area contributed by atoms with Crippen molar-refractivity contribution in [3.05, 3.63) is 11.9 Å². The lowest BCUT2D eigenvalue weighted by Gasteiger charge is -2.34. The van der Waals surface area contributed by atoms with Gasteiger partial charge in [0.15, 0.2) is 5.82 Å². The Balaban J connectivity index is 2.29. The number of nitrogens with two attached hydrogens (primary N) is 2. The molecule has 1 aliphatic rings. The Morgan fingerprint density at radius 1 is 1.52 bits per heavy atom. The van der Waals surface area contributed by atoms with Crippen molar-refractivity contribution in [2.24, 2.45) is 11.6 Å². The van der Waals surface area contributed by atoms with Crippen LogP contribution in [0.3, 0.4) is 0 Å². The fraction of sp³-hybridized carbons (Fsp3) is 0.615. The second-order valence-electron chi connectivity index (χ2n) is 4.92. The number of nitrogens with one attached hydrogen (secondary N) is 1. The maximum atomic E-state index is 11.6. The van der Waals surface area contributed by atoms with E-state index in [0.29, 0.717) is 30.7 Å². The lowest BCUT2D eigenvalue weighted by molar-refractivity contribution is -0.119. The molecule has 1 saturated heterocycles. The Morgan fingerprint density at radius 3 is 3.00 bits per heavy atom. The summed E-state index contributed by atoms with van der Waals surface area (Å²) >= 11 is 0. The maximum Gasteiger partial charge on any atom is 0.240 e. The van der Waals surface area contributed by atoms with Crippen LogP contribution in [-0.4, -0.2) is 35.1 Å². The Labute approximate surface area is 123 Å². The molecule has 0 bridgehead atoms. The van der Waals surface area contributed by atoms with Crippen LogP contribution in [0, 0.1) is 0 Å². The molecular weight excluding hydrogens is 272 g/mol. The number of anilines is 2. The summed E-state index contributed by atoms with van der Waals surface area (Å²) in [6.07, 6.45) is 2.73. The van der Waals surface area contributed by atoms with Crippen molar-refractivity contribution in [2.45, 2.75) is 38.8 Å². The van der Waals surface area contributed by atoms with Crippen LogP contribution in [0.5, 0.6) is 0 Å². The topological polar surface area (TPSA) is 119 Å². The number of nitrogen functional groups attached to an aromatic ring is 1. The molecule has 0 aromatic carbocycles. The van der Waals surface area contributed by atoms with Crippen molar-refractivity contribution in [1.29, 1.82) is 0 Å². The summed E-state index contributed by atoms with van der Waals surface area (Å²) in [5, 5.41) is 0. The fourth-order valence-corrected chi connectivity index (χ4v) is 2.46. The molecule has 0 spiro atoms. The van der Waals surface area contributed by atoms with Gasteiger partial charge in [0.25, 0.3) is 0 Å².